The van der Waals surface area contributed by atoms with Crippen molar-refractivity contribution in [2.75, 3.05) is 13.7 Å². The fraction of sp³-hybridized carbons (Fsp3) is 0.444. The number of rotatable bonds is 7. The minimum absolute atomic E-state index is 0.00988. The van der Waals surface area contributed by atoms with Crippen LogP contribution in [0.15, 0.2) is 47.4 Å². The molecule has 1 fully saturated rings. The third-order valence-electron chi connectivity index (χ3n) is 7.30. The molecule has 2 aliphatic rings. The summed E-state index contributed by atoms with van der Waals surface area (Å²) in [5.74, 6) is -0.133. The van der Waals surface area contributed by atoms with Gasteiger partial charge in [0.25, 0.3) is 15.9 Å². The largest absolute Gasteiger partial charge is 0.497 e. The Kier molecular flexibility index (Phi) is 8.36. The maximum Gasteiger partial charge on any atom is 0.340 e. The highest BCUT2D eigenvalue weighted by atomic mass is 127. The van der Waals surface area contributed by atoms with E-state index in [2.05, 4.69) is 5.32 Å². The third-order valence-corrected chi connectivity index (χ3v) is 10.8. The van der Waals surface area contributed by atoms with Crippen LogP contribution in [0, 0.1) is 0 Å². The van der Waals surface area contributed by atoms with Gasteiger partial charge < -0.3 is 10.1 Å². The number of carbonyl (C=O) groups is 3. The molecule has 4 amide bonds. The number of hydrogen-bond acceptors (Lipinski definition) is 6. The number of benzene rings is 2. The molecule has 9 nitrogen and oxygen atoms in total. The van der Waals surface area contributed by atoms with Crippen LogP contribution in [0.3, 0.4) is 0 Å². The Labute approximate surface area is 237 Å². The molecule has 11 heteroatoms. The lowest BCUT2D eigenvalue weighted by Crippen LogP contribution is -2.52. The summed E-state index contributed by atoms with van der Waals surface area (Å²) < 4.78 is 32.0. The summed E-state index contributed by atoms with van der Waals surface area (Å²) in [5.41, 5.74) is 0.972. The molecule has 0 bridgehead atoms. The van der Waals surface area contributed by atoms with E-state index >= 15 is 0 Å². The van der Waals surface area contributed by atoms with E-state index in [1.807, 2.05) is 0 Å². The van der Waals surface area contributed by atoms with Gasteiger partial charge in [-0.05, 0) is 68.5 Å². The summed E-state index contributed by atoms with van der Waals surface area (Å²) in [4.78, 5) is 40.2. The lowest BCUT2D eigenvalue weighted by Gasteiger charge is -2.37. The topological polar surface area (TPSA) is 113 Å². The molecule has 0 atom stereocenters. The number of nitrogens with one attached hydrogen (secondary N) is 1. The van der Waals surface area contributed by atoms with E-state index in [-0.39, 0.29) is 29.3 Å². The first-order valence-corrected chi connectivity index (χ1v) is 15.0. The molecule has 0 spiro atoms. The van der Waals surface area contributed by atoms with Gasteiger partial charge in [-0.1, -0.05) is 37.5 Å². The van der Waals surface area contributed by atoms with E-state index in [9.17, 15) is 22.8 Å². The molecule has 1 heterocycles. The van der Waals surface area contributed by atoms with Gasteiger partial charge in [-0.25, -0.2) is 13.2 Å². The number of hydrogen-bond donors (Lipinski definition) is 1. The molecule has 38 heavy (non-hydrogen) atoms. The minimum atomic E-state index is -4.04. The number of methoxy groups -OCH3 is 1. The second kappa shape index (κ2) is 11.2. The number of imide groups is 1. The number of amides is 4. The van der Waals surface area contributed by atoms with E-state index in [1.165, 1.54) is 47.0 Å². The zero-order valence-electron chi connectivity index (χ0n) is 21.7. The van der Waals surface area contributed by atoms with Crippen LogP contribution >= 0.6 is 22.9 Å². The highest BCUT2D eigenvalue weighted by Crippen LogP contribution is 2.36. The summed E-state index contributed by atoms with van der Waals surface area (Å²) in [6, 6.07) is 10.6. The first-order chi connectivity index (χ1) is 18.0. The van der Waals surface area contributed by atoms with Gasteiger partial charge in [0.15, 0.2) is 0 Å². The number of ether oxygens (including phenoxy) is 1. The number of halogens is 1. The number of urea groups is 1. The lowest BCUT2D eigenvalue weighted by atomic mass is 9.77. The van der Waals surface area contributed by atoms with Crippen LogP contribution in [0.1, 0.15) is 67.4 Å². The molecule has 0 saturated heterocycles. The SMILES string of the molecule is COc1ccc2c(c1)C(=O)N(CCc1ccc(S(=O)(=O)N(I)C(=O)NC3CCCCC3)cc1)C(=O)C2(C)C. The molecule has 0 unspecified atom stereocenters. The number of nitrogens with zero attached hydrogens (tertiary/aromatic N) is 2. The van der Waals surface area contributed by atoms with Crippen molar-refractivity contribution in [1.82, 2.24) is 12.7 Å². The smallest absolute Gasteiger partial charge is 0.340 e. The van der Waals surface area contributed by atoms with Gasteiger partial charge >= 0.3 is 6.03 Å². The maximum atomic E-state index is 13.2. The molecule has 0 radical (unpaired) electrons. The van der Waals surface area contributed by atoms with Crippen LogP contribution in [0.25, 0.3) is 0 Å². The monoisotopic (exact) mass is 653 g/mol. The van der Waals surface area contributed by atoms with Crippen LogP contribution in [0.4, 0.5) is 4.79 Å². The Hall–Kier alpha value is -2.67. The molecule has 1 aliphatic heterocycles. The Morgan fingerprint density at radius 3 is 2.39 bits per heavy atom. The van der Waals surface area contributed by atoms with E-state index in [1.54, 1.807) is 44.2 Å². The van der Waals surface area contributed by atoms with E-state index in [0.717, 1.165) is 37.7 Å². The quantitative estimate of drug-likeness (QED) is 0.266. The Morgan fingerprint density at radius 2 is 1.76 bits per heavy atom. The zero-order chi connectivity index (χ0) is 27.7. The molecule has 0 aromatic heterocycles. The predicted molar refractivity (Wildman–Crippen MR) is 151 cm³/mol. The molecular weight excluding hydrogens is 621 g/mol. The minimum Gasteiger partial charge on any atom is -0.497 e. The lowest BCUT2D eigenvalue weighted by molar-refractivity contribution is -0.134. The average Bonchev–Trinajstić information content (AvgIpc) is 2.92. The van der Waals surface area contributed by atoms with Crippen LogP contribution in [0.2, 0.25) is 0 Å². The fourth-order valence-electron chi connectivity index (χ4n) is 5.01. The summed E-state index contributed by atoms with van der Waals surface area (Å²) in [6.07, 6.45) is 5.22. The van der Waals surface area contributed by atoms with Gasteiger partial charge in [0.1, 0.15) is 5.75 Å². The second-order valence-corrected chi connectivity index (χ2v) is 13.6. The Balaban J connectivity index is 1.44. The summed E-state index contributed by atoms with van der Waals surface area (Å²) in [5, 5.41) is 2.81. The number of fused-ring (bicyclic) bond motifs is 1. The molecule has 1 aliphatic carbocycles. The standard InChI is InChI=1S/C27H32IN3O6S/c1-27(2)23-14-11-20(37-3)17-22(23)24(32)30(25(27)33)16-15-18-9-12-21(13-10-18)38(35,36)31(28)26(34)29-19-7-5-4-6-8-19/h9-14,17,19H,4-8,15-16H2,1-3H3,(H,29,34). The van der Waals surface area contributed by atoms with Crippen molar-refractivity contribution >= 4 is 50.7 Å². The Morgan fingerprint density at radius 1 is 1.11 bits per heavy atom. The van der Waals surface area contributed by atoms with E-state index in [4.69, 9.17) is 4.74 Å². The van der Waals surface area contributed by atoms with Gasteiger partial charge in [-0.15, -0.1) is 0 Å². The van der Waals surface area contributed by atoms with Crippen molar-refractivity contribution in [3.8, 4) is 5.75 Å². The molecule has 2 aromatic carbocycles. The average molecular weight is 654 g/mol. The Bertz CT molecular complexity index is 1340. The molecule has 1 N–H and O–H groups in total. The van der Waals surface area contributed by atoms with Crippen molar-refractivity contribution in [3.05, 3.63) is 59.2 Å². The molecule has 4 rings (SSSR count). The zero-order valence-corrected chi connectivity index (χ0v) is 24.7. The van der Waals surface area contributed by atoms with E-state index in [0.29, 0.717) is 25.8 Å². The second-order valence-electron chi connectivity index (χ2n) is 10.2. The van der Waals surface area contributed by atoms with Gasteiger partial charge in [0.2, 0.25) is 5.91 Å². The number of carbonyl (C=O) groups excluding carboxylic acids is 3. The van der Waals surface area contributed by atoms with Crippen molar-refractivity contribution in [2.45, 2.75) is 68.7 Å². The molecule has 1 saturated carbocycles. The summed E-state index contributed by atoms with van der Waals surface area (Å²) >= 11 is 1.52. The van der Waals surface area contributed by atoms with Crippen molar-refractivity contribution in [1.29, 1.82) is 0 Å². The van der Waals surface area contributed by atoms with Crippen LogP contribution < -0.4 is 10.1 Å². The normalized spacial score (nSPS) is 17.6. The predicted octanol–water partition coefficient (Wildman–Crippen LogP) is 4.58. The van der Waals surface area contributed by atoms with Gasteiger partial charge in [0, 0.05) is 18.2 Å². The summed E-state index contributed by atoms with van der Waals surface area (Å²) in [6.45, 7) is 3.73. The molecule has 204 valence electrons. The van der Waals surface area contributed by atoms with Gasteiger partial charge in [-0.3, -0.25) is 14.5 Å². The van der Waals surface area contributed by atoms with E-state index < -0.39 is 21.5 Å². The van der Waals surface area contributed by atoms with Gasteiger partial charge in [-0.2, -0.15) is 2.52 Å². The van der Waals surface area contributed by atoms with Gasteiger partial charge in [0.05, 0.1) is 40.3 Å². The highest BCUT2D eigenvalue weighted by molar-refractivity contribution is 14.1. The summed E-state index contributed by atoms with van der Waals surface area (Å²) in [7, 11) is -2.52. The van der Waals surface area contributed by atoms with Crippen LogP contribution in [-0.4, -0.2) is 53.4 Å². The van der Waals surface area contributed by atoms with Crippen LogP contribution in [0.5, 0.6) is 5.75 Å². The third kappa shape index (κ3) is 5.54. The molecular formula is C27H32IN3O6S. The molecule has 2 aromatic rings. The van der Waals surface area contributed by atoms with Crippen LogP contribution in [-0.2, 0) is 26.7 Å². The number of sulfonamides is 1. The first-order valence-electron chi connectivity index (χ1n) is 12.6. The van der Waals surface area contributed by atoms with Crippen molar-refractivity contribution in [2.24, 2.45) is 0 Å². The first kappa shape index (κ1) is 28.3. The highest BCUT2D eigenvalue weighted by Gasteiger charge is 2.44. The van der Waals surface area contributed by atoms with Crippen molar-refractivity contribution < 1.29 is 27.5 Å². The fourth-order valence-corrected chi connectivity index (χ4v) is 6.77. The van der Waals surface area contributed by atoms with Crippen molar-refractivity contribution in [3.63, 3.8) is 0 Å². The maximum absolute atomic E-state index is 13.2.